The summed E-state index contributed by atoms with van der Waals surface area (Å²) < 4.78 is 13.2. The minimum absolute atomic E-state index is 0.104. The third-order valence-electron chi connectivity index (χ3n) is 5.04. The standard InChI is InChI=1S/C22H20N4O3S/c1-2-26-19-7-5-15(12-18(19)23-24-26)22(27)25(14-17-4-3-11-30-17)16-6-8-20-21(13-16)29-10-9-28-20/h3-8,11-13H,2,9-10,14H2,1H3. The van der Waals surface area contributed by atoms with E-state index in [1.54, 1.807) is 22.3 Å². The van der Waals surface area contributed by atoms with E-state index in [0.29, 0.717) is 42.3 Å². The summed E-state index contributed by atoms with van der Waals surface area (Å²) in [5, 5.41) is 10.4. The van der Waals surface area contributed by atoms with E-state index in [9.17, 15) is 4.79 Å². The Morgan fingerprint density at radius 1 is 1.13 bits per heavy atom. The first kappa shape index (κ1) is 18.6. The van der Waals surface area contributed by atoms with Gasteiger partial charge in [0, 0.05) is 28.7 Å². The van der Waals surface area contributed by atoms with Crippen LogP contribution in [0.25, 0.3) is 11.0 Å². The van der Waals surface area contributed by atoms with Gasteiger partial charge < -0.3 is 14.4 Å². The van der Waals surface area contributed by atoms with Crippen molar-refractivity contribution < 1.29 is 14.3 Å². The highest BCUT2D eigenvalue weighted by Crippen LogP contribution is 2.35. The molecule has 1 aliphatic rings. The average molecular weight is 420 g/mol. The predicted molar refractivity (Wildman–Crippen MR) is 115 cm³/mol. The zero-order valence-corrected chi connectivity index (χ0v) is 17.3. The maximum absolute atomic E-state index is 13.6. The van der Waals surface area contributed by atoms with Crippen LogP contribution < -0.4 is 14.4 Å². The monoisotopic (exact) mass is 420 g/mol. The second-order valence-corrected chi connectivity index (χ2v) is 7.94. The number of hydrogen-bond donors (Lipinski definition) is 0. The van der Waals surface area contributed by atoms with Crippen LogP contribution in [0.3, 0.4) is 0 Å². The number of ether oxygens (including phenoxy) is 2. The molecule has 0 atom stereocenters. The van der Waals surface area contributed by atoms with Crippen molar-refractivity contribution >= 4 is 34.0 Å². The van der Waals surface area contributed by atoms with E-state index in [-0.39, 0.29) is 5.91 Å². The summed E-state index contributed by atoms with van der Waals surface area (Å²) in [5.41, 5.74) is 2.95. The predicted octanol–water partition coefficient (Wildman–Crippen LogP) is 4.13. The molecule has 0 saturated carbocycles. The molecule has 7 nitrogen and oxygen atoms in total. The minimum atomic E-state index is -0.104. The lowest BCUT2D eigenvalue weighted by Gasteiger charge is -2.25. The third-order valence-corrected chi connectivity index (χ3v) is 5.90. The van der Waals surface area contributed by atoms with Crippen LogP contribution in [-0.4, -0.2) is 34.1 Å². The van der Waals surface area contributed by atoms with Crippen LogP contribution in [0.15, 0.2) is 53.9 Å². The van der Waals surface area contributed by atoms with Gasteiger partial charge in [-0.1, -0.05) is 11.3 Å². The van der Waals surface area contributed by atoms with Gasteiger partial charge in [-0.05, 0) is 48.7 Å². The molecule has 0 fully saturated rings. The van der Waals surface area contributed by atoms with E-state index >= 15 is 0 Å². The zero-order chi connectivity index (χ0) is 20.5. The second kappa shape index (κ2) is 7.79. The highest BCUT2D eigenvalue weighted by atomic mass is 32.1. The Hall–Kier alpha value is -3.39. The van der Waals surface area contributed by atoms with Crippen LogP contribution in [-0.2, 0) is 13.1 Å². The molecule has 8 heteroatoms. The maximum atomic E-state index is 13.6. The second-order valence-electron chi connectivity index (χ2n) is 6.91. The Balaban J connectivity index is 1.53. The molecule has 30 heavy (non-hydrogen) atoms. The Labute approximate surface area is 177 Å². The van der Waals surface area contributed by atoms with Gasteiger partial charge in [-0.2, -0.15) is 0 Å². The minimum Gasteiger partial charge on any atom is -0.486 e. The number of carbonyl (C=O) groups excluding carboxylic acids is 1. The molecule has 3 heterocycles. The number of carbonyl (C=O) groups is 1. The summed E-state index contributed by atoms with van der Waals surface area (Å²) in [6.07, 6.45) is 0. The largest absolute Gasteiger partial charge is 0.486 e. The topological polar surface area (TPSA) is 69.5 Å². The number of fused-ring (bicyclic) bond motifs is 2. The van der Waals surface area contributed by atoms with Crippen molar-refractivity contribution in [3.63, 3.8) is 0 Å². The first-order chi connectivity index (χ1) is 14.7. The van der Waals surface area contributed by atoms with Gasteiger partial charge in [-0.25, -0.2) is 4.68 Å². The molecule has 0 bridgehead atoms. The number of aryl methyl sites for hydroxylation is 1. The van der Waals surface area contributed by atoms with Crippen molar-refractivity contribution in [2.75, 3.05) is 18.1 Å². The molecule has 152 valence electrons. The van der Waals surface area contributed by atoms with Crippen LogP contribution in [0.4, 0.5) is 5.69 Å². The summed E-state index contributed by atoms with van der Waals surface area (Å²) in [7, 11) is 0. The Morgan fingerprint density at radius 3 is 2.80 bits per heavy atom. The fourth-order valence-corrected chi connectivity index (χ4v) is 4.23. The van der Waals surface area contributed by atoms with Gasteiger partial charge in [0.15, 0.2) is 11.5 Å². The number of thiophene rings is 1. The number of amides is 1. The molecular weight excluding hydrogens is 400 g/mol. The van der Waals surface area contributed by atoms with E-state index in [4.69, 9.17) is 9.47 Å². The summed E-state index contributed by atoms with van der Waals surface area (Å²) in [4.78, 5) is 16.4. The number of anilines is 1. The van der Waals surface area contributed by atoms with Crippen LogP contribution in [0, 0.1) is 0 Å². The molecule has 0 spiro atoms. The lowest BCUT2D eigenvalue weighted by Crippen LogP contribution is -2.30. The molecule has 2 aromatic carbocycles. The number of aromatic nitrogens is 3. The van der Waals surface area contributed by atoms with Crippen LogP contribution >= 0.6 is 11.3 Å². The van der Waals surface area contributed by atoms with Gasteiger partial charge in [0.1, 0.15) is 18.7 Å². The van der Waals surface area contributed by atoms with Gasteiger partial charge >= 0.3 is 0 Å². The van der Waals surface area contributed by atoms with Gasteiger partial charge in [0.05, 0.1) is 12.1 Å². The van der Waals surface area contributed by atoms with Gasteiger partial charge in [-0.3, -0.25) is 4.79 Å². The number of hydrogen-bond acceptors (Lipinski definition) is 6. The first-order valence-corrected chi connectivity index (χ1v) is 10.7. The van der Waals surface area contributed by atoms with Gasteiger partial charge in [-0.15, -0.1) is 16.4 Å². The molecule has 5 rings (SSSR count). The molecule has 1 aliphatic heterocycles. The highest BCUT2D eigenvalue weighted by Gasteiger charge is 2.22. The van der Waals surface area contributed by atoms with E-state index in [1.165, 1.54) is 0 Å². The Kier molecular flexibility index (Phi) is 4.84. The summed E-state index contributed by atoms with van der Waals surface area (Å²) in [6, 6.07) is 15.2. The van der Waals surface area contributed by atoms with Crippen molar-refractivity contribution in [2.24, 2.45) is 0 Å². The molecule has 0 aliphatic carbocycles. The van der Waals surface area contributed by atoms with Crippen LogP contribution in [0.2, 0.25) is 0 Å². The maximum Gasteiger partial charge on any atom is 0.258 e. The normalized spacial score (nSPS) is 12.8. The first-order valence-electron chi connectivity index (χ1n) is 9.80. The molecule has 0 radical (unpaired) electrons. The van der Waals surface area contributed by atoms with Crippen molar-refractivity contribution in [3.8, 4) is 11.5 Å². The molecule has 1 amide bonds. The average Bonchev–Trinajstić information content (AvgIpc) is 3.45. The van der Waals surface area contributed by atoms with E-state index < -0.39 is 0 Å². The van der Waals surface area contributed by atoms with E-state index in [2.05, 4.69) is 10.3 Å². The number of rotatable bonds is 5. The van der Waals surface area contributed by atoms with Crippen LogP contribution in [0.5, 0.6) is 11.5 Å². The summed E-state index contributed by atoms with van der Waals surface area (Å²) in [6.45, 7) is 4.24. The highest BCUT2D eigenvalue weighted by molar-refractivity contribution is 7.09. The van der Waals surface area contributed by atoms with Gasteiger partial charge in [0.25, 0.3) is 5.91 Å². The molecule has 0 N–H and O–H groups in total. The molecule has 0 unspecified atom stereocenters. The summed E-state index contributed by atoms with van der Waals surface area (Å²) >= 11 is 1.62. The quantitative estimate of drug-likeness (QED) is 0.486. The van der Waals surface area contributed by atoms with Gasteiger partial charge in [0.2, 0.25) is 0 Å². The van der Waals surface area contributed by atoms with Crippen molar-refractivity contribution in [1.29, 1.82) is 0 Å². The lowest BCUT2D eigenvalue weighted by atomic mass is 10.1. The van der Waals surface area contributed by atoms with Crippen molar-refractivity contribution in [2.45, 2.75) is 20.0 Å². The SMILES string of the molecule is CCn1nnc2cc(C(=O)N(Cc3cccs3)c3ccc4c(c3)OCCO4)ccc21. The lowest BCUT2D eigenvalue weighted by molar-refractivity contribution is 0.0985. The fraction of sp³-hybridized carbons (Fsp3) is 0.227. The smallest absolute Gasteiger partial charge is 0.258 e. The molecule has 2 aromatic heterocycles. The summed E-state index contributed by atoms with van der Waals surface area (Å²) in [5.74, 6) is 1.25. The molecular formula is C22H20N4O3S. The molecule has 4 aromatic rings. The Bertz CT molecular complexity index is 1200. The fourth-order valence-electron chi connectivity index (χ4n) is 3.53. The molecule has 0 saturated heterocycles. The van der Waals surface area contributed by atoms with Crippen molar-refractivity contribution in [3.05, 3.63) is 64.4 Å². The van der Waals surface area contributed by atoms with Crippen molar-refractivity contribution in [1.82, 2.24) is 15.0 Å². The Morgan fingerprint density at radius 2 is 2.00 bits per heavy atom. The van der Waals surface area contributed by atoms with E-state index in [0.717, 1.165) is 22.6 Å². The third kappa shape index (κ3) is 3.39. The number of nitrogens with zero attached hydrogens (tertiary/aromatic N) is 4. The van der Waals surface area contributed by atoms with Crippen LogP contribution in [0.1, 0.15) is 22.2 Å². The van der Waals surface area contributed by atoms with E-state index in [1.807, 2.05) is 59.5 Å². The number of benzene rings is 2. The zero-order valence-electron chi connectivity index (χ0n) is 16.4.